The first-order valence-corrected chi connectivity index (χ1v) is 9.72. The van der Waals surface area contributed by atoms with Gasteiger partial charge >= 0.3 is 0 Å². The van der Waals surface area contributed by atoms with Crippen LogP contribution in [0.4, 0.5) is 10.1 Å². The molecule has 5 heteroatoms. The molecule has 3 nitrogen and oxygen atoms in total. The van der Waals surface area contributed by atoms with Crippen LogP contribution in [0.25, 0.3) is 0 Å². The summed E-state index contributed by atoms with van der Waals surface area (Å²) in [4.78, 5) is 6.89. The monoisotopic (exact) mass is 385 g/mol. The molecule has 1 unspecified atom stereocenters. The number of nitrogens with zero attached hydrogens (tertiary/aromatic N) is 2. The predicted octanol–water partition coefficient (Wildman–Crippen LogP) is 5.42. The number of amidine groups is 1. The summed E-state index contributed by atoms with van der Waals surface area (Å²) in [5.74, 6) is 0.753. The normalized spacial score (nSPS) is 20.0. The van der Waals surface area contributed by atoms with E-state index >= 15 is 0 Å². The van der Waals surface area contributed by atoms with E-state index in [1.54, 1.807) is 6.07 Å². The number of halogens is 2. The Hall–Kier alpha value is -2.33. The largest absolute Gasteiger partial charge is 0.384 e. The van der Waals surface area contributed by atoms with Crippen molar-refractivity contribution in [1.29, 1.82) is 0 Å². The maximum Gasteiger partial charge on any atom is 0.125 e. The van der Waals surface area contributed by atoms with Crippen LogP contribution in [0, 0.1) is 11.2 Å². The third-order valence-corrected chi connectivity index (χ3v) is 5.24. The minimum Gasteiger partial charge on any atom is -0.384 e. The van der Waals surface area contributed by atoms with Gasteiger partial charge in [0.2, 0.25) is 0 Å². The quantitative estimate of drug-likeness (QED) is 0.744. The van der Waals surface area contributed by atoms with Crippen molar-refractivity contribution in [3.8, 4) is 0 Å². The molecule has 2 aliphatic rings. The number of nitrogens with one attached hydrogen (secondary N) is 1. The second kappa shape index (κ2) is 8.13. The summed E-state index contributed by atoms with van der Waals surface area (Å²) in [5, 5.41) is 3.77. The molecule has 142 valence electrons. The smallest absolute Gasteiger partial charge is 0.125 e. The van der Waals surface area contributed by atoms with Gasteiger partial charge in [-0.2, -0.15) is 0 Å². The number of anilines is 1. The number of fused-ring (bicyclic) bond motifs is 1. The Morgan fingerprint density at radius 2 is 2.00 bits per heavy atom. The van der Waals surface area contributed by atoms with Crippen LogP contribution >= 0.6 is 11.6 Å². The summed E-state index contributed by atoms with van der Waals surface area (Å²) >= 11 is 5.93. The Kier molecular flexibility index (Phi) is 5.85. The van der Waals surface area contributed by atoms with Gasteiger partial charge in [0.25, 0.3) is 0 Å². The first-order chi connectivity index (χ1) is 13.1. The van der Waals surface area contributed by atoms with Crippen molar-refractivity contribution < 1.29 is 4.39 Å². The van der Waals surface area contributed by atoms with Crippen LogP contribution in [0.2, 0.25) is 5.02 Å². The average Bonchev–Trinajstić information content (AvgIpc) is 2.92. The minimum absolute atomic E-state index is 0.118. The van der Waals surface area contributed by atoms with Crippen LogP contribution in [-0.4, -0.2) is 18.9 Å². The van der Waals surface area contributed by atoms with E-state index in [-0.39, 0.29) is 11.2 Å². The molecule has 27 heavy (non-hydrogen) atoms. The maximum absolute atomic E-state index is 13.5. The zero-order chi connectivity index (χ0) is 19.4. The molecular weight excluding hydrogens is 361 g/mol. The molecule has 2 aromatic rings. The van der Waals surface area contributed by atoms with E-state index in [4.69, 9.17) is 11.6 Å². The average molecular weight is 386 g/mol. The van der Waals surface area contributed by atoms with E-state index in [2.05, 4.69) is 33.9 Å². The van der Waals surface area contributed by atoms with Crippen LogP contribution in [0.1, 0.15) is 25.8 Å². The zero-order valence-corrected chi connectivity index (χ0v) is 16.6. The Labute approximate surface area is 165 Å². The Balaban J connectivity index is 0.00000102. The van der Waals surface area contributed by atoms with Gasteiger partial charge in [0, 0.05) is 29.5 Å². The number of hydrogen-bond acceptors (Lipinski definition) is 3. The van der Waals surface area contributed by atoms with Gasteiger partial charge in [-0.1, -0.05) is 50.2 Å². The molecule has 0 saturated carbocycles. The lowest BCUT2D eigenvalue weighted by Crippen LogP contribution is -2.48. The molecule has 2 aromatic carbocycles. The number of hydrogen-bond donors (Lipinski definition) is 1. The number of rotatable bonds is 5. The number of aliphatic imine (C=N–C) groups is 1. The molecule has 0 radical (unpaired) electrons. The molecule has 0 aliphatic carbocycles. The van der Waals surface area contributed by atoms with Gasteiger partial charge in [0.05, 0.1) is 12.0 Å². The lowest BCUT2D eigenvalue weighted by molar-refractivity contribution is 0.440. The van der Waals surface area contributed by atoms with Gasteiger partial charge in [-0.15, -0.1) is 0 Å². The topological polar surface area (TPSA) is 27.6 Å². The fraction of sp³-hybridized carbons (Fsp3) is 0.318. The second-order valence-electron chi connectivity index (χ2n) is 6.57. The highest BCUT2D eigenvalue weighted by Gasteiger charge is 2.52. The molecule has 1 atom stereocenters. The second-order valence-corrected chi connectivity index (χ2v) is 7.01. The third-order valence-electron chi connectivity index (χ3n) is 5.02. The van der Waals surface area contributed by atoms with Crippen molar-refractivity contribution in [2.75, 3.05) is 18.0 Å². The highest BCUT2D eigenvalue weighted by atomic mass is 35.5. The molecule has 0 spiro atoms. The van der Waals surface area contributed by atoms with Crippen molar-refractivity contribution in [1.82, 2.24) is 5.32 Å². The van der Waals surface area contributed by atoms with Gasteiger partial charge in [0.1, 0.15) is 11.7 Å². The van der Waals surface area contributed by atoms with Crippen LogP contribution in [0.5, 0.6) is 0 Å². The zero-order valence-electron chi connectivity index (χ0n) is 15.8. The molecule has 4 rings (SSSR count). The van der Waals surface area contributed by atoms with Crippen LogP contribution < -0.4 is 10.2 Å². The van der Waals surface area contributed by atoms with E-state index in [1.165, 1.54) is 12.1 Å². The van der Waals surface area contributed by atoms with Crippen molar-refractivity contribution in [3.05, 3.63) is 77.2 Å². The third kappa shape index (κ3) is 3.72. The predicted molar refractivity (Wildman–Crippen MR) is 112 cm³/mol. The van der Waals surface area contributed by atoms with Crippen molar-refractivity contribution in [2.45, 2.75) is 26.8 Å². The Morgan fingerprint density at radius 3 is 2.63 bits per heavy atom. The van der Waals surface area contributed by atoms with Gasteiger partial charge in [-0.3, -0.25) is 4.99 Å². The van der Waals surface area contributed by atoms with Crippen molar-refractivity contribution in [2.24, 2.45) is 10.4 Å². The maximum atomic E-state index is 13.5. The van der Waals surface area contributed by atoms with E-state index in [0.29, 0.717) is 11.6 Å². The van der Waals surface area contributed by atoms with Gasteiger partial charge < -0.3 is 10.2 Å². The van der Waals surface area contributed by atoms with Crippen molar-refractivity contribution in [3.63, 3.8) is 0 Å². The molecule has 2 aliphatic heterocycles. The molecule has 0 amide bonds. The summed E-state index contributed by atoms with van der Waals surface area (Å²) in [6, 6.07) is 14.9. The highest BCUT2D eigenvalue weighted by molar-refractivity contribution is 6.30. The Morgan fingerprint density at radius 1 is 1.26 bits per heavy atom. The van der Waals surface area contributed by atoms with Gasteiger partial charge in [0.15, 0.2) is 0 Å². The SMILES string of the molecule is C=C(NCc1cc(F)cc(Cl)c1)C12CCN(c3ccccc3)C1=NC2.CC. The van der Waals surface area contributed by atoms with E-state index in [9.17, 15) is 4.39 Å². The number of benzene rings is 2. The van der Waals surface area contributed by atoms with Gasteiger partial charge in [-0.05, 0) is 42.3 Å². The summed E-state index contributed by atoms with van der Waals surface area (Å²) in [5.41, 5.74) is 2.79. The van der Waals surface area contributed by atoms with Crippen LogP contribution in [-0.2, 0) is 6.54 Å². The molecule has 0 bridgehead atoms. The van der Waals surface area contributed by atoms with Gasteiger partial charge in [-0.25, -0.2) is 4.39 Å². The molecule has 2 heterocycles. The molecule has 0 aromatic heterocycles. The standard InChI is InChI=1S/C20H19ClFN3.C2H6/c1-14(23-12-15-9-16(21)11-17(22)10-15)20-7-8-25(19(20)24-13-20)18-5-3-2-4-6-18;1-2/h2-6,9-11,23H,1,7-8,12-13H2;1-2H3. The minimum atomic E-state index is -0.324. The molecule has 1 saturated heterocycles. The van der Waals surface area contributed by atoms with Crippen LogP contribution in [0.15, 0.2) is 65.8 Å². The summed E-state index contributed by atoms with van der Waals surface area (Å²) in [6.45, 7) is 10.4. The van der Waals surface area contributed by atoms with E-state index in [0.717, 1.165) is 42.3 Å². The first kappa shape index (κ1) is 19.4. The fourth-order valence-electron chi connectivity index (χ4n) is 3.62. The summed E-state index contributed by atoms with van der Waals surface area (Å²) < 4.78 is 13.5. The lowest BCUT2D eigenvalue weighted by atomic mass is 9.78. The Bertz CT molecular complexity index is 830. The van der Waals surface area contributed by atoms with E-state index in [1.807, 2.05) is 32.0 Å². The van der Waals surface area contributed by atoms with E-state index < -0.39 is 0 Å². The first-order valence-electron chi connectivity index (χ1n) is 9.34. The molecular formula is C22H25ClFN3. The molecule has 1 N–H and O–H groups in total. The van der Waals surface area contributed by atoms with Crippen molar-refractivity contribution >= 4 is 23.1 Å². The van der Waals surface area contributed by atoms with Crippen LogP contribution in [0.3, 0.4) is 0 Å². The lowest BCUT2D eigenvalue weighted by Gasteiger charge is -2.39. The summed E-state index contributed by atoms with van der Waals surface area (Å²) in [7, 11) is 0. The fourth-order valence-corrected chi connectivity index (χ4v) is 3.86. The highest BCUT2D eigenvalue weighted by Crippen LogP contribution is 2.45. The number of para-hydroxylation sites is 1. The summed E-state index contributed by atoms with van der Waals surface area (Å²) in [6.07, 6.45) is 0.983. The molecule has 1 fully saturated rings.